The van der Waals surface area contributed by atoms with Crippen molar-refractivity contribution in [1.29, 1.82) is 0 Å². The molecule has 0 atom stereocenters. The van der Waals surface area contributed by atoms with Crippen molar-refractivity contribution in [1.82, 2.24) is 10.4 Å². The van der Waals surface area contributed by atoms with E-state index in [1.165, 1.54) is 37.4 Å². The molecule has 0 aliphatic heterocycles. The SMILES string of the molecule is Cc1ncc(COP(=O)(O)O)c(/C=N/NC(=O)c2ccc(F)cc2NS(=O)(=O)c2ccccc2)c1O. The molecule has 1 amide bonds. The highest BCUT2D eigenvalue weighted by molar-refractivity contribution is 7.92. The molecular weight excluding hydrogens is 518 g/mol. The lowest BCUT2D eigenvalue weighted by Gasteiger charge is -2.12. The Hall–Kier alpha value is -3.68. The van der Waals surface area contributed by atoms with Crippen LogP contribution in [0.2, 0.25) is 0 Å². The third-order valence-electron chi connectivity index (χ3n) is 4.63. The van der Waals surface area contributed by atoms with Gasteiger partial charge in [0.25, 0.3) is 15.9 Å². The number of hydrogen-bond donors (Lipinski definition) is 5. The second-order valence-electron chi connectivity index (χ2n) is 7.20. The number of aromatic hydroxyl groups is 1. The first-order valence-electron chi connectivity index (χ1n) is 9.96. The summed E-state index contributed by atoms with van der Waals surface area (Å²) in [5, 5.41) is 14.0. The van der Waals surface area contributed by atoms with E-state index in [0.29, 0.717) is 0 Å². The number of pyridine rings is 1. The lowest BCUT2D eigenvalue weighted by Crippen LogP contribution is -2.22. The molecule has 190 valence electrons. The summed E-state index contributed by atoms with van der Waals surface area (Å²) in [7, 11) is -8.96. The normalized spacial score (nSPS) is 12.0. The van der Waals surface area contributed by atoms with E-state index >= 15 is 0 Å². The lowest BCUT2D eigenvalue weighted by atomic mass is 10.1. The predicted molar refractivity (Wildman–Crippen MR) is 126 cm³/mol. The summed E-state index contributed by atoms with van der Waals surface area (Å²) in [6, 6.07) is 10.1. The van der Waals surface area contributed by atoms with Crippen LogP contribution < -0.4 is 10.1 Å². The number of phosphoric acid groups is 1. The number of aryl methyl sites for hydroxylation is 1. The van der Waals surface area contributed by atoms with E-state index in [-0.39, 0.29) is 38.7 Å². The van der Waals surface area contributed by atoms with Crippen LogP contribution in [0.25, 0.3) is 0 Å². The average molecular weight is 538 g/mol. The Morgan fingerprint density at radius 1 is 1.22 bits per heavy atom. The molecule has 0 saturated carbocycles. The Morgan fingerprint density at radius 2 is 1.92 bits per heavy atom. The van der Waals surface area contributed by atoms with Crippen molar-refractivity contribution < 1.29 is 41.6 Å². The van der Waals surface area contributed by atoms with E-state index in [1.807, 2.05) is 0 Å². The molecule has 12 nitrogen and oxygen atoms in total. The molecule has 0 unspecified atom stereocenters. The quantitative estimate of drug-likeness (QED) is 0.155. The first kappa shape index (κ1) is 26.9. The Kier molecular flexibility index (Phi) is 8.17. The number of aromatic nitrogens is 1. The van der Waals surface area contributed by atoms with Crippen LogP contribution in [-0.2, 0) is 25.7 Å². The van der Waals surface area contributed by atoms with Gasteiger partial charge < -0.3 is 14.9 Å². The molecule has 15 heteroatoms. The smallest absolute Gasteiger partial charge is 0.469 e. The summed E-state index contributed by atoms with van der Waals surface area (Å²) in [5.74, 6) is -2.10. The standard InChI is InChI=1S/C21H20FN4O8PS/c1-13-20(27)18(14(10-23-13)12-34-35(29,30)31)11-24-25-21(28)17-8-7-15(22)9-19(17)26-36(32,33)16-5-3-2-4-6-16/h2-11,26-27H,12H2,1H3,(H,25,28)(H2,29,30,31)/b24-11+. The highest BCUT2D eigenvalue weighted by Gasteiger charge is 2.20. The van der Waals surface area contributed by atoms with E-state index in [9.17, 15) is 27.3 Å². The van der Waals surface area contributed by atoms with Crippen LogP contribution >= 0.6 is 7.82 Å². The van der Waals surface area contributed by atoms with Crippen LogP contribution in [-0.4, -0.2) is 40.4 Å². The maximum atomic E-state index is 13.8. The van der Waals surface area contributed by atoms with Gasteiger partial charge in [0, 0.05) is 17.3 Å². The van der Waals surface area contributed by atoms with Gasteiger partial charge in [0.1, 0.15) is 11.6 Å². The fraction of sp³-hybridized carbons (Fsp3) is 0.0952. The lowest BCUT2D eigenvalue weighted by molar-refractivity contribution is 0.0956. The van der Waals surface area contributed by atoms with Crippen LogP contribution in [0.1, 0.15) is 27.2 Å². The van der Waals surface area contributed by atoms with Crippen LogP contribution in [0.15, 0.2) is 64.7 Å². The fourth-order valence-corrected chi connectivity index (χ4v) is 4.28. The summed E-state index contributed by atoms with van der Waals surface area (Å²) < 4.78 is 56.7. The Morgan fingerprint density at radius 3 is 2.58 bits per heavy atom. The monoisotopic (exact) mass is 538 g/mol. The number of hydrazone groups is 1. The van der Waals surface area contributed by atoms with Crippen LogP contribution in [0, 0.1) is 12.7 Å². The van der Waals surface area contributed by atoms with E-state index in [0.717, 1.165) is 24.4 Å². The van der Waals surface area contributed by atoms with E-state index in [1.54, 1.807) is 6.07 Å². The minimum atomic E-state index is -4.82. The third kappa shape index (κ3) is 6.93. The highest BCUT2D eigenvalue weighted by Crippen LogP contribution is 2.37. The Labute approximate surface area is 204 Å². The zero-order valence-electron chi connectivity index (χ0n) is 18.5. The summed E-state index contributed by atoms with van der Waals surface area (Å²) in [4.78, 5) is 34.3. The van der Waals surface area contributed by atoms with Crippen molar-refractivity contribution in [3.63, 3.8) is 0 Å². The first-order valence-corrected chi connectivity index (χ1v) is 13.0. The molecule has 0 radical (unpaired) electrons. The third-order valence-corrected chi connectivity index (χ3v) is 6.48. The zero-order valence-corrected chi connectivity index (χ0v) is 20.2. The van der Waals surface area contributed by atoms with Gasteiger partial charge in [-0.1, -0.05) is 18.2 Å². The number of rotatable bonds is 9. The Bertz CT molecular complexity index is 1460. The van der Waals surface area contributed by atoms with Crippen molar-refractivity contribution >= 4 is 35.7 Å². The highest BCUT2D eigenvalue weighted by atomic mass is 32.2. The molecule has 2 aromatic carbocycles. The second-order valence-corrected chi connectivity index (χ2v) is 10.1. The number of amides is 1. The fourth-order valence-electron chi connectivity index (χ4n) is 2.88. The molecule has 0 aliphatic carbocycles. The van der Waals surface area contributed by atoms with Gasteiger partial charge in [-0.2, -0.15) is 5.10 Å². The van der Waals surface area contributed by atoms with Crippen molar-refractivity contribution in [3.8, 4) is 5.75 Å². The van der Waals surface area contributed by atoms with Gasteiger partial charge in [-0.25, -0.2) is 22.8 Å². The van der Waals surface area contributed by atoms with Crippen LogP contribution in [0.3, 0.4) is 0 Å². The van der Waals surface area contributed by atoms with Gasteiger partial charge in [-0.15, -0.1) is 0 Å². The number of carbonyl (C=O) groups is 1. The number of anilines is 1. The molecule has 0 fully saturated rings. The summed E-state index contributed by atoms with van der Waals surface area (Å²) >= 11 is 0. The summed E-state index contributed by atoms with van der Waals surface area (Å²) in [6.45, 7) is 0.840. The van der Waals surface area contributed by atoms with E-state index in [2.05, 4.69) is 24.8 Å². The van der Waals surface area contributed by atoms with Gasteiger partial charge >= 0.3 is 7.82 Å². The second kappa shape index (κ2) is 10.9. The molecule has 3 rings (SSSR count). The number of sulfonamides is 1. The molecule has 1 heterocycles. The minimum absolute atomic E-state index is 0.0413. The summed E-state index contributed by atoms with van der Waals surface area (Å²) in [6.07, 6.45) is 2.18. The van der Waals surface area contributed by atoms with Crippen LogP contribution in [0.5, 0.6) is 5.75 Å². The number of halogens is 1. The number of benzene rings is 2. The molecule has 0 spiro atoms. The van der Waals surface area contributed by atoms with Crippen molar-refractivity contribution in [3.05, 3.63) is 82.9 Å². The molecule has 0 aliphatic rings. The van der Waals surface area contributed by atoms with Gasteiger partial charge in [-0.05, 0) is 37.3 Å². The number of nitrogens with zero attached hydrogens (tertiary/aromatic N) is 2. The molecule has 3 aromatic rings. The van der Waals surface area contributed by atoms with Gasteiger partial charge in [-0.3, -0.25) is 19.0 Å². The van der Waals surface area contributed by atoms with E-state index < -0.39 is 36.2 Å². The number of nitrogens with one attached hydrogen (secondary N) is 2. The molecular formula is C21H20FN4O8PS. The minimum Gasteiger partial charge on any atom is -0.505 e. The molecule has 5 N–H and O–H groups in total. The van der Waals surface area contributed by atoms with Gasteiger partial charge in [0.05, 0.1) is 34.7 Å². The van der Waals surface area contributed by atoms with Crippen molar-refractivity contribution in [2.75, 3.05) is 4.72 Å². The van der Waals surface area contributed by atoms with Crippen molar-refractivity contribution in [2.24, 2.45) is 5.10 Å². The summed E-state index contributed by atoms with van der Waals surface area (Å²) in [5.41, 5.74) is 1.71. The maximum Gasteiger partial charge on any atom is 0.469 e. The number of hydrogen-bond acceptors (Lipinski definition) is 8. The largest absolute Gasteiger partial charge is 0.505 e. The number of carbonyl (C=O) groups excluding carboxylic acids is 1. The van der Waals surface area contributed by atoms with Crippen LogP contribution in [0.4, 0.5) is 10.1 Å². The first-order chi connectivity index (χ1) is 16.9. The topological polar surface area (TPSA) is 188 Å². The average Bonchev–Trinajstić information content (AvgIpc) is 2.81. The van der Waals surface area contributed by atoms with Gasteiger partial charge in [0.15, 0.2) is 0 Å². The predicted octanol–water partition coefficient (Wildman–Crippen LogP) is 2.41. The molecule has 1 aromatic heterocycles. The Balaban J connectivity index is 1.85. The van der Waals surface area contributed by atoms with E-state index in [4.69, 9.17) is 9.79 Å². The van der Waals surface area contributed by atoms with Gasteiger partial charge in [0.2, 0.25) is 0 Å². The number of phosphoric ester groups is 1. The van der Waals surface area contributed by atoms with Crippen molar-refractivity contribution in [2.45, 2.75) is 18.4 Å². The molecule has 0 saturated heterocycles. The maximum absolute atomic E-state index is 13.8. The molecule has 36 heavy (non-hydrogen) atoms. The zero-order chi connectivity index (χ0) is 26.5. The molecule has 0 bridgehead atoms.